The van der Waals surface area contributed by atoms with Crippen LogP contribution in [0.4, 0.5) is 5.69 Å². The first-order valence-corrected chi connectivity index (χ1v) is 12.3. The number of primary sulfonamides is 1. The molecule has 2 aliphatic rings. The Bertz CT molecular complexity index is 1390. The van der Waals surface area contributed by atoms with E-state index in [-0.39, 0.29) is 22.4 Å². The van der Waals surface area contributed by atoms with Gasteiger partial charge < -0.3 is 11.1 Å². The first-order valence-electron chi connectivity index (χ1n) is 10.7. The van der Waals surface area contributed by atoms with Crippen LogP contribution in [0.15, 0.2) is 47.4 Å². The highest BCUT2D eigenvalue weighted by atomic mass is 32.2. The second kappa shape index (κ2) is 7.82. The second-order valence-electron chi connectivity index (χ2n) is 8.48. The van der Waals surface area contributed by atoms with Crippen molar-refractivity contribution in [2.45, 2.75) is 37.0 Å². The van der Waals surface area contributed by atoms with Gasteiger partial charge in [0.2, 0.25) is 15.9 Å². The van der Waals surface area contributed by atoms with Gasteiger partial charge in [0.05, 0.1) is 16.3 Å². The minimum atomic E-state index is -3.84. The molecule has 33 heavy (non-hydrogen) atoms. The number of nitrogens with two attached hydrogens (primary N) is 2. The van der Waals surface area contributed by atoms with Crippen LogP contribution in [-0.4, -0.2) is 30.0 Å². The molecule has 2 amide bonds. The van der Waals surface area contributed by atoms with Gasteiger partial charge in [-0.15, -0.1) is 0 Å². The van der Waals surface area contributed by atoms with Gasteiger partial charge in [-0.1, -0.05) is 12.5 Å². The fourth-order valence-electron chi connectivity index (χ4n) is 4.39. The highest BCUT2D eigenvalue weighted by Gasteiger charge is 2.29. The van der Waals surface area contributed by atoms with Gasteiger partial charge in [0, 0.05) is 22.7 Å². The van der Waals surface area contributed by atoms with E-state index in [0.717, 1.165) is 36.0 Å². The topological polar surface area (TPSA) is 150 Å². The van der Waals surface area contributed by atoms with Crippen molar-refractivity contribution in [3.05, 3.63) is 59.3 Å². The summed E-state index contributed by atoms with van der Waals surface area (Å²) in [6, 6.07) is 11.7. The van der Waals surface area contributed by atoms with Crippen molar-refractivity contribution in [1.29, 1.82) is 0 Å². The number of hydrogen-bond acceptors (Lipinski definition) is 5. The van der Waals surface area contributed by atoms with E-state index < -0.39 is 15.9 Å². The lowest BCUT2D eigenvalue weighted by Crippen LogP contribution is -2.28. The van der Waals surface area contributed by atoms with Crippen LogP contribution in [-0.2, 0) is 27.7 Å². The highest BCUT2D eigenvalue weighted by molar-refractivity contribution is 7.89. The van der Waals surface area contributed by atoms with Gasteiger partial charge in [0.1, 0.15) is 0 Å². The molecule has 9 nitrogen and oxygen atoms in total. The van der Waals surface area contributed by atoms with Gasteiger partial charge >= 0.3 is 0 Å². The van der Waals surface area contributed by atoms with Gasteiger partial charge in [0.25, 0.3) is 5.91 Å². The van der Waals surface area contributed by atoms with Crippen LogP contribution in [0.25, 0.3) is 16.9 Å². The Kier molecular flexibility index (Phi) is 5.06. The number of nitrogens with one attached hydrogen (secondary N) is 1. The van der Waals surface area contributed by atoms with Crippen molar-refractivity contribution in [2.75, 3.05) is 5.32 Å². The summed E-state index contributed by atoms with van der Waals surface area (Å²) >= 11 is 0. The van der Waals surface area contributed by atoms with Crippen LogP contribution in [0.5, 0.6) is 0 Å². The summed E-state index contributed by atoms with van der Waals surface area (Å²) < 4.78 is 24.9. The minimum absolute atomic E-state index is 0.0159. The number of aromatic nitrogens is 2. The third-order valence-electron chi connectivity index (χ3n) is 6.38. The predicted molar refractivity (Wildman–Crippen MR) is 122 cm³/mol. The van der Waals surface area contributed by atoms with Gasteiger partial charge in [-0.3, -0.25) is 9.59 Å². The van der Waals surface area contributed by atoms with Crippen LogP contribution in [0.2, 0.25) is 0 Å². The number of fused-ring (bicyclic) bond motifs is 3. The van der Waals surface area contributed by atoms with Crippen LogP contribution in [0.3, 0.4) is 0 Å². The number of carbonyl (C=O) groups excluding carboxylic acids is 2. The average Bonchev–Trinajstić information content (AvgIpc) is 3.12. The summed E-state index contributed by atoms with van der Waals surface area (Å²) in [5.74, 6) is -0.563. The molecule has 0 spiro atoms. The number of anilines is 1. The lowest BCUT2D eigenvalue weighted by atomic mass is 9.84. The maximum absolute atomic E-state index is 12.5. The van der Waals surface area contributed by atoms with Crippen molar-refractivity contribution in [3.8, 4) is 16.9 Å². The molecule has 0 atom stereocenters. The molecule has 0 bridgehead atoms. The highest BCUT2D eigenvalue weighted by Crippen LogP contribution is 2.38. The van der Waals surface area contributed by atoms with E-state index in [4.69, 9.17) is 10.9 Å². The molecular formula is C23H23N5O4S. The Labute approximate surface area is 190 Å². The first-order chi connectivity index (χ1) is 15.7. The van der Waals surface area contributed by atoms with Crippen LogP contribution < -0.4 is 16.2 Å². The van der Waals surface area contributed by atoms with Crippen molar-refractivity contribution in [2.24, 2.45) is 16.8 Å². The number of sulfonamides is 1. The number of carbonyl (C=O) groups is 2. The normalized spacial score (nSPS) is 15.3. The fraction of sp³-hybridized carbons (Fsp3) is 0.261. The summed E-state index contributed by atoms with van der Waals surface area (Å²) in [5, 5.41) is 12.7. The standard InChI is InChI=1S/C23H23N5O4S/c24-22(29)20-18-11-5-13-4-6-15(26-23(30)14-2-1-3-14)12-19(13)21(18)28(27-20)16-7-9-17(10-8-16)33(25,31)32/h4,6-10,12,14H,1-3,5,11H2,(H2,24,29)(H,26,30)(H2,25,31,32). The number of amides is 2. The molecule has 0 unspecified atom stereocenters. The first kappa shape index (κ1) is 21.4. The van der Waals surface area contributed by atoms with Crippen molar-refractivity contribution in [1.82, 2.24) is 9.78 Å². The average molecular weight is 466 g/mol. The SMILES string of the molecule is NC(=O)c1nn(-c2ccc(S(N)(=O)=O)cc2)c2c1CCc1ccc(NC(=O)C3CCC3)cc1-2. The van der Waals surface area contributed by atoms with E-state index in [9.17, 15) is 18.0 Å². The molecule has 2 aliphatic carbocycles. The molecule has 1 aromatic heterocycles. The minimum Gasteiger partial charge on any atom is -0.364 e. The number of aryl methyl sites for hydroxylation is 1. The Morgan fingerprint density at radius 2 is 1.79 bits per heavy atom. The van der Waals surface area contributed by atoms with E-state index in [1.165, 1.54) is 12.1 Å². The Balaban J connectivity index is 1.61. The summed E-state index contributed by atoms with van der Waals surface area (Å²) in [7, 11) is -3.84. The number of benzene rings is 2. The molecule has 0 radical (unpaired) electrons. The molecule has 5 rings (SSSR count). The summed E-state index contributed by atoms with van der Waals surface area (Å²) in [6.07, 6.45) is 4.18. The summed E-state index contributed by atoms with van der Waals surface area (Å²) in [5.41, 5.74) is 10.4. The van der Waals surface area contributed by atoms with Crippen molar-refractivity contribution in [3.63, 3.8) is 0 Å². The molecular weight excluding hydrogens is 442 g/mol. The second-order valence-corrected chi connectivity index (χ2v) is 10.0. The third kappa shape index (κ3) is 3.81. The Morgan fingerprint density at radius 1 is 1.06 bits per heavy atom. The lowest BCUT2D eigenvalue weighted by molar-refractivity contribution is -0.122. The van der Waals surface area contributed by atoms with E-state index in [2.05, 4.69) is 10.4 Å². The maximum Gasteiger partial charge on any atom is 0.269 e. The molecule has 0 aliphatic heterocycles. The monoisotopic (exact) mass is 465 g/mol. The molecule has 1 heterocycles. The number of nitrogens with zero attached hydrogens (tertiary/aromatic N) is 2. The molecule has 1 fully saturated rings. The van der Waals surface area contributed by atoms with Crippen molar-refractivity contribution < 1.29 is 18.0 Å². The number of primary amides is 1. The van der Waals surface area contributed by atoms with Gasteiger partial charge in [-0.25, -0.2) is 18.2 Å². The molecule has 1 saturated carbocycles. The zero-order chi connectivity index (χ0) is 23.3. The van der Waals surface area contributed by atoms with Crippen LogP contribution >= 0.6 is 0 Å². The van der Waals surface area contributed by atoms with E-state index in [1.807, 2.05) is 18.2 Å². The fourth-order valence-corrected chi connectivity index (χ4v) is 4.91. The molecule has 5 N–H and O–H groups in total. The quantitative estimate of drug-likeness (QED) is 0.527. The van der Waals surface area contributed by atoms with Gasteiger partial charge in [0.15, 0.2) is 5.69 Å². The number of hydrogen-bond donors (Lipinski definition) is 3. The molecule has 170 valence electrons. The van der Waals surface area contributed by atoms with Gasteiger partial charge in [-0.2, -0.15) is 5.10 Å². The van der Waals surface area contributed by atoms with E-state index in [1.54, 1.807) is 16.8 Å². The lowest BCUT2D eigenvalue weighted by Gasteiger charge is -2.25. The smallest absolute Gasteiger partial charge is 0.269 e. The van der Waals surface area contributed by atoms with Gasteiger partial charge in [-0.05, 0) is 67.6 Å². The van der Waals surface area contributed by atoms with Crippen LogP contribution in [0.1, 0.15) is 40.9 Å². The number of rotatable bonds is 5. The maximum atomic E-state index is 12.5. The summed E-state index contributed by atoms with van der Waals surface area (Å²) in [4.78, 5) is 24.6. The predicted octanol–water partition coefficient (Wildman–Crippen LogP) is 2.12. The molecule has 3 aromatic rings. The zero-order valence-corrected chi connectivity index (χ0v) is 18.6. The van der Waals surface area contributed by atoms with Crippen LogP contribution in [0, 0.1) is 5.92 Å². The Hall–Kier alpha value is -3.50. The van der Waals surface area contributed by atoms with E-state index in [0.29, 0.717) is 29.9 Å². The molecule has 0 saturated heterocycles. The largest absolute Gasteiger partial charge is 0.364 e. The zero-order valence-electron chi connectivity index (χ0n) is 17.7. The van der Waals surface area contributed by atoms with E-state index >= 15 is 0 Å². The molecule has 10 heteroatoms. The van der Waals surface area contributed by atoms with Crippen molar-refractivity contribution >= 4 is 27.5 Å². The summed E-state index contributed by atoms with van der Waals surface area (Å²) in [6.45, 7) is 0. The third-order valence-corrected chi connectivity index (χ3v) is 7.31. The Morgan fingerprint density at radius 3 is 2.39 bits per heavy atom. The molecule has 2 aromatic carbocycles.